The Morgan fingerprint density at radius 3 is 2.41 bits per heavy atom. The first-order valence-corrected chi connectivity index (χ1v) is 5.84. The van der Waals surface area contributed by atoms with Crippen LogP contribution in [-0.4, -0.2) is 10.4 Å². The minimum atomic E-state index is 0.161. The number of benzene rings is 1. The monoisotopic (exact) mass is 227 g/mol. The van der Waals surface area contributed by atoms with E-state index >= 15 is 0 Å². The van der Waals surface area contributed by atoms with Gasteiger partial charge in [0.05, 0.1) is 0 Å². The number of carbonyl (C=O) groups excluding carboxylic acids is 1. The number of hydrogen-bond donors (Lipinski definition) is 0. The van der Waals surface area contributed by atoms with Crippen molar-refractivity contribution < 1.29 is 4.79 Å². The van der Waals surface area contributed by atoms with Gasteiger partial charge >= 0.3 is 0 Å². The average molecular weight is 227 g/mol. The Hall–Kier alpha value is -1.83. The summed E-state index contributed by atoms with van der Waals surface area (Å²) in [6.07, 6.45) is 2.58. The first-order valence-electron chi connectivity index (χ1n) is 5.84. The summed E-state index contributed by atoms with van der Waals surface area (Å²) < 4.78 is 2.08. The highest BCUT2D eigenvalue weighted by Crippen LogP contribution is 2.28. The van der Waals surface area contributed by atoms with Gasteiger partial charge in [-0.2, -0.15) is 0 Å². The number of carbonyl (C=O) groups is 1. The summed E-state index contributed by atoms with van der Waals surface area (Å²) in [5.74, 6) is 0.383. The van der Waals surface area contributed by atoms with Crippen LogP contribution in [0.25, 0.3) is 0 Å². The molecule has 1 aromatic heterocycles. The van der Waals surface area contributed by atoms with Crippen molar-refractivity contribution in [2.24, 2.45) is 7.05 Å². The lowest BCUT2D eigenvalue weighted by Gasteiger charge is -2.17. The Morgan fingerprint density at radius 2 is 1.88 bits per heavy atom. The molecule has 0 N–H and O–H groups in total. The van der Waals surface area contributed by atoms with Crippen molar-refractivity contribution in [2.75, 3.05) is 0 Å². The zero-order valence-corrected chi connectivity index (χ0v) is 10.3. The summed E-state index contributed by atoms with van der Waals surface area (Å²) in [7, 11) is 2.02. The molecule has 2 aromatic rings. The smallest absolute Gasteiger partial charge is 0.130 e. The second kappa shape index (κ2) is 5.00. The van der Waals surface area contributed by atoms with E-state index in [1.165, 1.54) is 11.3 Å². The topological polar surface area (TPSA) is 22.0 Å². The van der Waals surface area contributed by atoms with Gasteiger partial charge in [0.1, 0.15) is 5.78 Å². The van der Waals surface area contributed by atoms with Crippen LogP contribution in [-0.2, 0) is 11.8 Å². The van der Waals surface area contributed by atoms with E-state index < -0.39 is 0 Å². The molecule has 1 aromatic carbocycles. The fourth-order valence-corrected chi connectivity index (χ4v) is 2.20. The Bertz CT molecular complexity index is 499. The third-order valence-electron chi connectivity index (χ3n) is 3.03. The third kappa shape index (κ3) is 2.64. The minimum absolute atomic E-state index is 0.161. The van der Waals surface area contributed by atoms with E-state index in [4.69, 9.17) is 0 Å². The molecule has 0 saturated heterocycles. The molecular weight excluding hydrogens is 210 g/mol. The SMILES string of the molecule is CC(=O)CC(c1ccccc1)c1cccn1C. The zero-order valence-electron chi connectivity index (χ0n) is 10.3. The van der Waals surface area contributed by atoms with Crippen LogP contribution in [0, 0.1) is 0 Å². The molecule has 0 amide bonds. The molecule has 2 nitrogen and oxygen atoms in total. The van der Waals surface area contributed by atoms with E-state index in [1.54, 1.807) is 6.92 Å². The molecule has 1 atom stereocenters. The third-order valence-corrected chi connectivity index (χ3v) is 3.03. The molecule has 0 spiro atoms. The summed E-state index contributed by atoms with van der Waals surface area (Å²) in [4.78, 5) is 11.4. The number of nitrogens with zero attached hydrogens (tertiary/aromatic N) is 1. The van der Waals surface area contributed by atoms with Crippen molar-refractivity contribution in [1.29, 1.82) is 0 Å². The molecule has 88 valence electrons. The molecule has 0 bridgehead atoms. The maximum Gasteiger partial charge on any atom is 0.130 e. The highest BCUT2D eigenvalue weighted by Gasteiger charge is 2.18. The van der Waals surface area contributed by atoms with Gasteiger partial charge in [0.15, 0.2) is 0 Å². The first kappa shape index (κ1) is 11.6. The maximum absolute atomic E-state index is 11.4. The average Bonchev–Trinajstić information content (AvgIpc) is 2.73. The van der Waals surface area contributed by atoms with Gasteiger partial charge in [0.2, 0.25) is 0 Å². The minimum Gasteiger partial charge on any atom is -0.354 e. The number of aryl methyl sites for hydroxylation is 1. The summed E-state index contributed by atoms with van der Waals surface area (Å²) in [5.41, 5.74) is 2.39. The molecule has 0 aliphatic rings. The Morgan fingerprint density at radius 1 is 1.18 bits per heavy atom. The molecule has 1 heterocycles. The Labute approximate surface area is 102 Å². The largest absolute Gasteiger partial charge is 0.354 e. The van der Waals surface area contributed by atoms with Gasteiger partial charge in [-0.3, -0.25) is 4.79 Å². The van der Waals surface area contributed by atoms with Crippen LogP contribution in [0.3, 0.4) is 0 Å². The highest BCUT2D eigenvalue weighted by atomic mass is 16.1. The standard InChI is InChI=1S/C15H17NO/c1-12(17)11-14(13-7-4-3-5-8-13)15-9-6-10-16(15)2/h3-10,14H,11H2,1-2H3. The van der Waals surface area contributed by atoms with Gasteiger partial charge in [-0.05, 0) is 24.6 Å². The summed E-state index contributed by atoms with van der Waals surface area (Å²) in [5, 5.41) is 0. The van der Waals surface area contributed by atoms with Crippen molar-refractivity contribution in [1.82, 2.24) is 4.57 Å². The van der Waals surface area contributed by atoms with Crippen molar-refractivity contribution >= 4 is 5.78 Å². The molecule has 2 heteroatoms. The lowest BCUT2D eigenvalue weighted by Crippen LogP contribution is -2.09. The lowest BCUT2D eigenvalue weighted by molar-refractivity contribution is -0.117. The first-order chi connectivity index (χ1) is 8.18. The van der Waals surface area contributed by atoms with Gasteiger partial charge in [0, 0.05) is 31.3 Å². The van der Waals surface area contributed by atoms with Gasteiger partial charge in [-0.15, -0.1) is 0 Å². The normalized spacial score (nSPS) is 12.4. The Kier molecular flexibility index (Phi) is 3.43. The predicted octanol–water partition coefficient (Wildman–Crippen LogP) is 3.14. The summed E-state index contributed by atoms with van der Waals surface area (Å²) in [6, 6.07) is 14.3. The molecule has 0 saturated carbocycles. The lowest BCUT2D eigenvalue weighted by atomic mass is 9.91. The van der Waals surface area contributed by atoms with Crippen LogP contribution >= 0.6 is 0 Å². The molecule has 2 rings (SSSR count). The van der Waals surface area contributed by atoms with Crippen LogP contribution in [0.1, 0.15) is 30.5 Å². The van der Waals surface area contributed by atoms with E-state index in [-0.39, 0.29) is 11.7 Å². The molecule has 0 radical (unpaired) electrons. The van der Waals surface area contributed by atoms with Crippen LogP contribution in [0.2, 0.25) is 0 Å². The summed E-state index contributed by atoms with van der Waals surface area (Å²) >= 11 is 0. The fourth-order valence-electron chi connectivity index (χ4n) is 2.20. The van der Waals surface area contributed by atoms with Crippen molar-refractivity contribution in [3.05, 3.63) is 59.9 Å². The number of ketones is 1. The molecule has 1 unspecified atom stereocenters. The van der Waals surface area contributed by atoms with E-state index in [0.717, 1.165) is 0 Å². The van der Waals surface area contributed by atoms with E-state index in [9.17, 15) is 4.79 Å². The van der Waals surface area contributed by atoms with Crippen LogP contribution in [0.4, 0.5) is 0 Å². The highest BCUT2D eigenvalue weighted by molar-refractivity contribution is 5.77. The quantitative estimate of drug-likeness (QED) is 0.786. The van der Waals surface area contributed by atoms with Crippen LogP contribution in [0.5, 0.6) is 0 Å². The predicted molar refractivity (Wildman–Crippen MR) is 69.0 cm³/mol. The van der Waals surface area contributed by atoms with Crippen LogP contribution < -0.4 is 0 Å². The molecule has 17 heavy (non-hydrogen) atoms. The molecule has 0 aliphatic carbocycles. The zero-order chi connectivity index (χ0) is 12.3. The van der Waals surface area contributed by atoms with Crippen LogP contribution in [0.15, 0.2) is 48.7 Å². The number of hydrogen-bond acceptors (Lipinski definition) is 1. The Balaban J connectivity index is 2.39. The fraction of sp³-hybridized carbons (Fsp3) is 0.267. The molecule has 0 aliphatic heterocycles. The van der Waals surface area contributed by atoms with E-state index in [1.807, 2.05) is 37.5 Å². The summed E-state index contributed by atoms with van der Waals surface area (Å²) in [6.45, 7) is 1.65. The van der Waals surface area contributed by atoms with Gasteiger partial charge in [-0.25, -0.2) is 0 Å². The van der Waals surface area contributed by atoms with Crippen molar-refractivity contribution in [3.8, 4) is 0 Å². The maximum atomic E-state index is 11.4. The van der Waals surface area contributed by atoms with Crippen molar-refractivity contribution in [3.63, 3.8) is 0 Å². The van der Waals surface area contributed by atoms with Gasteiger partial charge in [0.25, 0.3) is 0 Å². The number of Topliss-reactive ketones (excluding diaryl/α,β-unsaturated/α-hetero) is 1. The van der Waals surface area contributed by atoms with Crippen molar-refractivity contribution in [2.45, 2.75) is 19.3 Å². The van der Waals surface area contributed by atoms with Gasteiger partial charge in [-0.1, -0.05) is 30.3 Å². The second-order valence-corrected chi connectivity index (χ2v) is 4.41. The van der Waals surface area contributed by atoms with E-state index in [0.29, 0.717) is 6.42 Å². The van der Waals surface area contributed by atoms with E-state index in [2.05, 4.69) is 22.8 Å². The number of rotatable bonds is 4. The molecule has 0 fully saturated rings. The molecular formula is C15H17NO. The van der Waals surface area contributed by atoms with Gasteiger partial charge < -0.3 is 4.57 Å². The second-order valence-electron chi connectivity index (χ2n) is 4.41. The number of aromatic nitrogens is 1.